The molecule has 0 radical (unpaired) electrons. The van der Waals surface area contributed by atoms with E-state index >= 15 is 0 Å². The third-order valence-electron chi connectivity index (χ3n) is 2.61. The Morgan fingerprint density at radius 1 is 1.22 bits per heavy atom. The van der Waals surface area contributed by atoms with Gasteiger partial charge in [-0.05, 0) is 42.0 Å². The molecule has 0 heterocycles. The second-order valence-electron chi connectivity index (χ2n) is 4.30. The van der Waals surface area contributed by atoms with Crippen LogP contribution in [0.3, 0.4) is 0 Å². The van der Waals surface area contributed by atoms with Gasteiger partial charge in [0.25, 0.3) is 0 Å². The first-order valence-corrected chi connectivity index (χ1v) is 7.48. The molecule has 0 spiro atoms. The summed E-state index contributed by atoms with van der Waals surface area (Å²) >= 11 is 16.8. The number of carbonyl (C=O) groups is 1. The van der Waals surface area contributed by atoms with Crippen molar-refractivity contribution in [1.29, 1.82) is 0 Å². The highest BCUT2D eigenvalue weighted by Gasteiger charge is 2.15. The minimum absolute atomic E-state index is 0.0341. The number of hydrogen-bond donors (Lipinski definition) is 2. The maximum atomic E-state index is 12.0. The van der Waals surface area contributed by atoms with Gasteiger partial charge in [-0.15, -0.1) is 0 Å². The average molecular weight is 368 g/mol. The number of benzene rings is 2. The number of hydrazone groups is 1. The third-order valence-corrected chi connectivity index (χ3v) is 3.27. The van der Waals surface area contributed by atoms with Gasteiger partial charge in [0.1, 0.15) is 0 Å². The molecule has 3 N–H and O–H groups in total. The predicted molar refractivity (Wildman–Crippen MR) is 95.4 cm³/mol. The number of nitrogens with one attached hydrogen (secondary N) is 1. The van der Waals surface area contributed by atoms with Crippen molar-refractivity contribution in [3.63, 3.8) is 0 Å². The van der Waals surface area contributed by atoms with Crippen LogP contribution in [0.2, 0.25) is 10.0 Å². The molecule has 0 saturated heterocycles. The van der Waals surface area contributed by atoms with Crippen molar-refractivity contribution < 1.29 is 9.53 Å². The Balaban J connectivity index is 2.19. The topological polar surface area (TPSA) is 76.7 Å². The minimum atomic E-state index is -0.550. The van der Waals surface area contributed by atoms with Crippen molar-refractivity contribution in [2.75, 3.05) is 0 Å². The Hall–Kier alpha value is -2.15. The van der Waals surface area contributed by atoms with Gasteiger partial charge in [-0.25, -0.2) is 4.79 Å². The smallest absolute Gasteiger partial charge is 0.343 e. The molecule has 2 rings (SSSR count). The van der Waals surface area contributed by atoms with E-state index in [9.17, 15) is 4.79 Å². The predicted octanol–water partition coefficient (Wildman–Crippen LogP) is 3.38. The zero-order chi connectivity index (χ0) is 16.8. The average Bonchev–Trinajstić information content (AvgIpc) is 2.51. The highest BCUT2D eigenvalue weighted by Crippen LogP contribution is 2.34. The maximum Gasteiger partial charge on any atom is 0.343 e. The molecule has 0 aliphatic carbocycles. The summed E-state index contributed by atoms with van der Waals surface area (Å²) < 4.78 is 5.26. The molecule has 0 unspecified atom stereocenters. The Morgan fingerprint density at radius 2 is 1.83 bits per heavy atom. The van der Waals surface area contributed by atoms with Crippen molar-refractivity contribution in [2.24, 2.45) is 10.8 Å². The molecule has 5 nitrogen and oxygen atoms in total. The molecular formula is C15H11Cl2N3O2S. The second kappa shape index (κ2) is 7.92. The van der Waals surface area contributed by atoms with Crippen LogP contribution in [0.4, 0.5) is 0 Å². The Labute approximate surface area is 148 Å². The van der Waals surface area contributed by atoms with E-state index in [-0.39, 0.29) is 20.9 Å². The van der Waals surface area contributed by atoms with E-state index in [1.54, 1.807) is 42.5 Å². The molecule has 0 aliphatic rings. The standard InChI is InChI=1S/C15H11Cl2N3O2S/c16-11-6-9(8-19-20-15(18)23)7-12(17)13(11)22-14(21)10-4-2-1-3-5-10/h1-8H,(H3,18,20,23)/b19-8+. The lowest BCUT2D eigenvalue weighted by molar-refractivity contribution is 0.0735. The summed E-state index contributed by atoms with van der Waals surface area (Å²) in [5.74, 6) is -0.465. The van der Waals surface area contributed by atoms with Gasteiger partial charge in [0, 0.05) is 0 Å². The summed E-state index contributed by atoms with van der Waals surface area (Å²) in [6.07, 6.45) is 1.43. The summed E-state index contributed by atoms with van der Waals surface area (Å²) in [6, 6.07) is 11.6. The van der Waals surface area contributed by atoms with Crippen molar-refractivity contribution in [3.05, 3.63) is 63.6 Å². The second-order valence-corrected chi connectivity index (χ2v) is 5.56. The number of ether oxygens (including phenoxy) is 1. The SMILES string of the molecule is NC(=S)N/N=C/c1cc(Cl)c(OC(=O)c2ccccc2)c(Cl)c1. The van der Waals surface area contributed by atoms with Crippen molar-refractivity contribution in [3.8, 4) is 5.75 Å². The molecule has 0 atom stereocenters. The van der Waals surface area contributed by atoms with Gasteiger partial charge in [-0.2, -0.15) is 5.10 Å². The van der Waals surface area contributed by atoms with Gasteiger partial charge in [0.2, 0.25) is 0 Å². The number of hydrogen-bond acceptors (Lipinski definition) is 4. The molecule has 0 aliphatic heterocycles. The van der Waals surface area contributed by atoms with Crippen molar-refractivity contribution in [2.45, 2.75) is 0 Å². The summed E-state index contributed by atoms with van der Waals surface area (Å²) in [5, 5.41) is 4.19. The normalized spacial score (nSPS) is 10.5. The van der Waals surface area contributed by atoms with Crippen molar-refractivity contribution in [1.82, 2.24) is 5.43 Å². The van der Waals surface area contributed by atoms with Gasteiger partial charge in [0.15, 0.2) is 10.9 Å². The summed E-state index contributed by atoms with van der Waals surface area (Å²) in [4.78, 5) is 12.0. The Kier molecular flexibility index (Phi) is 5.92. The summed E-state index contributed by atoms with van der Waals surface area (Å²) in [7, 11) is 0. The van der Waals surface area contributed by atoms with Gasteiger partial charge in [-0.3, -0.25) is 5.43 Å². The number of nitrogens with two attached hydrogens (primary N) is 1. The highest BCUT2D eigenvalue weighted by atomic mass is 35.5. The first-order valence-electron chi connectivity index (χ1n) is 6.32. The third kappa shape index (κ3) is 4.92. The molecule has 0 saturated carbocycles. The van der Waals surface area contributed by atoms with Gasteiger partial charge >= 0.3 is 5.97 Å². The van der Waals surface area contributed by atoms with E-state index < -0.39 is 5.97 Å². The van der Waals surface area contributed by atoms with E-state index in [0.29, 0.717) is 11.1 Å². The first kappa shape index (κ1) is 17.2. The monoisotopic (exact) mass is 367 g/mol. The molecule has 0 aromatic heterocycles. The van der Waals surface area contributed by atoms with E-state index in [1.165, 1.54) is 6.21 Å². The molecule has 2 aromatic rings. The summed E-state index contributed by atoms with van der Waals surface area (Å²) in [6.45, 7) is 0. The fourth-order valence-corrected chi connectivity index (χ4v) is 2.28. The molecule has 118 valence electrons. The lowest BCUT2D eigenvalue weighted by atomic mass is 10.2. The van der Waals surface area contributed by atoms with Crippen LogP contribution in [0, 0.1) is 0 Å². The Bertz CT molecular complexity index is 744. The van der Waals surface area contributed by atoms with Crippen molar-refractivity contribution >= 4 is 52.7 Å². The fraction of sp³-hybridized carbons (Fsp3) is 0. The zero-order valence-electron chi connectivity index (χ0n) is 11.6. The van der Waals surface area contributed by atoms with Gasteiger partial charge in [-0.1, -0.05) is 41.4 Å². The van der Waals surface area contributed by atoms with E-state index in [4.69, 9.17) is 33.7 Å². The van der Waals surface area contributed by atoms with Crippen LogP contribution < -0.4 is 15.9 Å². The van der Waals surface area contributed by atoms with Crippen LogP contribution in [0.25, 0.3) is 0 Å². The molecule has 0 bridgehead atoms. The van der Waals surface area contributed by atoms with E-state index in [0.717, 1.165) is 0 Å². The highest BCUT2D eigenvalue weighted by molar-refractivity contribution is 7.80. The number of rotatable bonds is 4. The molecule has 8 heteroatoms. The van der Waals surface area contributed by atoms with Gasteiger partial charge < -0.3 is 10.5 Å². The molecule has 0 fully saturated rings. The number of carbonyl (C=O) groups excluding carboxylic acids is 1. The lowest BCUT2D eigenvalue weighted by Gasteiger charge is -2.09. The molecule has 2 aromatic carbocycles. The van der Waals surface area contributed by atoms with Crippen LogP contribution >= 0.6 is 35.4 Å². The van der Waals surface area contributed by atoms with Gasteiger partial charge in [0.05, 0.1) is 21.8 Å². The number of halogens is 2. The van der Waals surface area contributed by atoms with E-state index in [2.05, 4.69) is 22.7 Å². The number of thiocarbonyl (C=S) groups is 1. The number of nitrogens with zero attached hydrogens (tertiary/aromatic N) is 1. The van der Waals surface area contributed by atoms with E-state index in [1.807, 2.05) is 0 Å². The molecule has 23 heavy (non-hydrogen) atoms. The zero-order valence-corrected chi connectivity index (χ0v) is 14.0. The molecular weight excluding hydrogens is 357 g/mol. The lowest BCUT2D eigenvalue weighted by Crippen LogP contribution is -2.23. The van der Waals surface area contributed by atoms with Crippen LogP contribution in [0.5, 0.6) is 5.75 Å². The largest absolute Gasteiger partial charge is 0.420 e. The maximum absolute atomic E-state index is 12.0. The molecule has 0 amide bonds. The summed E-state index contributed by atoms with van der Waals surface area (Å²) in [5.41, 5.74) is 8.64. The van der Waals surface area contributed by atoms with Crippen LogP contribution in [0.15, 0.2) is 47.6 Å². The first-order chi connectivity index (χ1) is 11.0. The minimum Gasteiger partial charge on any atom is -0.420 e. The fourth-order valence-electron chi connectivity index (χ4n) is 1.65. The quantitative estimate of drug-likeness (QED) is 0.285. The van der Waals surface area contributed by atoms with Crippen LogP contribution in [0.1, 0.15) is 15.9 Å². The Morgan fingerprint density at radius 3 is 2.39 bits per heavy atom. The number of esters is 1. The van der Waals surface area contributed by atoms with Crippen LogP contribution in [-0.2, 0) is 0 Å². The van der Waals surface area contributed by atoms with Crippen LogP contribution in [-0.4, -0.2) is 17.3 Å².